The van der Waals surface area contributed by atoms with Crippen LogP contribution in [0.1, 0.15) is 16.7 Å². The maximum Gasteiger partial charge on any atom is 0.146 e. The predicted molar refractivity (Wildman–Crippen MR) is 93.7 cm³/mol. The van der Waals surface area contributed by atoms with E-state index in [2.05, 4.69) is 0 Å². The third-order valence-corrected chi connectivity index (χ3v) is 3.62. The first-order chi connectivity index (χ1) is 12.7. The quantitative estimate of drug-likeness (QED) is 0.614. The van der Waals surface area contributed by atoms with E-state index in [1.807, 2.05) is 12.1 Å². The van der Waals surface area contributed by atoms with Crippen molar-refractivity contribution in [2.75, 3.05) is 0 Å². The molecular formula is C21H13FN2O2. The largest absolute Gasteiger partial charge is 0.457 e. The van der Waals surface area contributed by atoms with Gasteiger partial charge in [0.15, 0.2) is 0 Å². The summed E-state index contributed by atoms with van der Waals surface area (Å²) >= 11 is 0. The maximum atomic E-state index is 12.5. The van der Waals surface area contributed by atoms with E-state index >= 15 is 0 Å². The third kappa shape index (κ3) is 3.80. The average Bonchev–Trinajstić information content (AvgIpc) is 2.69. The topological polar surface area (TPSA) is 66.0 Å². The van der Waals surface area contributed by atoms with Crippen molar-refractivity contribution in [1.29, 1.82) is 10.5 Å². The molecule has 0 N–H and O–H groups in total. The molecule has 0 aliphatic heterocycles. The molecule has 0 saturated carbocycles. The van der Waals surface area contributed by atoms with E-state index in [-0.39, 0.29) is 11.1 Å². The van der Waals surface area contributed by atoms with Crippen LogP contribution in [0.25, 0.3) is 0 Å². The summed E-state index contributed by atoms with van der Waals surface area (Å²) in [4.78, 5) is 0. The van der Waals surface area contributed by atoms with Crippen LogP contribution < -0.4 is 9.47 Å². The Morgan fingerprint density at radius 1 is 0.731 bits per heavy atom. The number of halogens is 1. The molecule has 5 heteroatoms. The second-order valence-corrected chi connectivity index (χ2v) is 5.36. The number of rotatable bonds is 5. The molecule has 0 atom stereocenters. The van der Waals surface area contributed by atoms with Crippen molar-refractivity contribution in [3.05, 3.63) is 83.4 Å². The Morgan fingerprint density at radius 2 is 1.31 bits per heavy atom. The number of ether oxygens (including phenoxy) is 2. The van der Waals surface area contributed by atoms with Crippen LogP contribution in [0, 0.1) is 22.7 Å². The second kappa shape index (κ2) is 7.83. The Morgan fingerprint density at radius 3 is 1.85 bits per heavy atom. The van der Waals surface area contributed by atoms with E-state index in [0.29, 0.717) is 28.6 Å². The molecule has 126 valence electrons. The van der Waals surface area contributed by atoms with Crippen LogP contribution in [0.2, 0.25) is 0 Å². The summed E-state index contributed by atoms with van der Waals surface area (Å²) in [7, 11) is 0. The number of hydrogen-bond acceptors (Lipinski definition) is 4. The molecule has 0 aliphatic carbocycles. The van der Waals surface area contributed by atoms with Gasteiger partial charge in [0.05, 0.1) is 5.56 Å². The lowest BCUT2D eigenvalue weighted by molar-refractivity contribution is 0.466. The van der Waals surface area contributed by atoms with Gasteiger partial charge in [0.25, 0.3) is 0 Å². The van der Waals surface area contributed by atoms with Crippen molar-refractivity contribution in [3.63, 3.8) is 0 Å². The highest BCUT2D eigenvalue weighted by atomic mass is 19.1. The number of hydrogen-bond donors (Lipinski definition) is 0. The Kier molecular flexibility index (Phi) is 5.12. The van der Waals surface area contributed by atoms with Gasteiger partial charge in [-0.05, 0) is 54.1 Å². The van der Waals surface area contributed by atoms with Gasteiger partial charge in [-0.3, -0.25) is 0 Å². The maximum absolute atomic E-state index is 12.5. The van der Waals surface area contributed by atoms with Crippen LogP contribution in [-0.2, 0) is 6.67 Å². The Bertz CT molecular complexity index is 985. The molecule has 0 radical (unpaired) electrons. The van der Waals surface area contributed by atoms with Gasteiger partial charge in [-0.1, -0.05) is 18.2 Å². The molecule has 0 amide bonds. The zero-order chi connectivity index (χ0) is 18.4. The normalized spacial score (nSPS) is 9.81. The second-order valence-electron chi connectivity index (χ2n) is 5.36. The van der Waals surface area contributed by atoms with Crippen molar-refractivity contribution in [1.82, 2.24) is 0 Å². The molecule has 0 fully saturated rings. The van der Waals surface area contributed by atoms with Crippen LogP contribution in [0.15, 0.2) is 66.7 Å². The van der Waals surface area contributed by atoms with Gasteiger partial charge >= 0.3 is 0 Å². The van der Waals surface area contributed by atoms with Gasteiger partial charge in [-0.25, -0.2) is 4.39 Å². The molecule has 0 unspecified atom stereocenters. The number of nitrogens with zero attached hydrogens (tertiary/aromatic N) is 2. The van der Waals surface area contributed by atoms with E-state index in [1.54, 1.807) is 66.7 Å². The van der Waals surface area contributed by atoms with Gasteiger partial charge in [0.2, 0.25) is 0 Å². The summed E-state index contributed by atoms with van der Waals surface area (Å²) in [5.74, 6) is 2.03. The molecule has 0 spiro atoms. The number of benzene rings is 3. The molecule has 3 rings (SSSR count). The van der Waals surface area contributed by atoms with Crippen LogP contribution in [0.3, 0.4) is 0 Å². The van der Waals surface area contributed by atoms with E-state index in [0.717, 1.165) is 0 Å². The summed E-state index contributed by atoms with van der Waals surface area (Å²) in [6, 6.07) is 22.4. The van der Waals surface area contributed by atoms with Crippen molar-refractivity contribution in [2.45, 2.75) is 6.67 Å². The molecule has 3 aromatic carbocycles. The summed E-state index contributed by atoms with van der Waals surface area (Å²) in [6.45, 7) is -0.510. The van der Waals surface area contributed by atoms with Crippen molar-refractivity contribution < 1.29 is 13.9 Å². The molecule has 0 heterocycles. The van der Waals surface area contributed by atoms with Crippen LogP contribution in [0.4, 0.5) is 4.39 Å². The van der Waals surface area contributed by atoms with E-state index in [4.69, 9.17) is 14.7 Å². The van der Waals surface area contributed by atoms with Crippen molar-refractivity contribution in [2.24, 2.45) is 0 Å². The monoisotopic (exact) mass is 344 g/mol. The van der Waals surface area contributed by atoms with E-state index < -0.39 is 6.67 Å². The molecule has 0 aromatic heterocycles. The first-order valence-corrected chi connectivity index (χ1v) is 7.77. The van der Waals surface area contributed by atoms with Crippen molar-refractivity contribution in [3.8, 4) is 35.1 Å². The van der Waals surface area contributed by atoms with Crippen molar-refractivity contribution >= 4 is 0 Å². The smallest absolute Gasteiger partial charge is 0.146 e. The summed E-state index contributed by atoms with van der Waals surface area (Å²) < 4.78 is 23.9. The molecular weight excluding hydrogens is 331 g/mol. The zero-order valence-corrected chi connectivity index (χ0v) is 13.6. The SMILES string of the molecule is N#Cc1cccc(Oc2ccc(Oc3ccc(CF)cc3)cc2)c1C#N. The zero-order valence-electron chi connectivity index (χ0n) is 13.6. The van der Waals surface area contributed by atoms with Gasteiger partial charge in [-0.15, -0.1) is 0 Å². The van der Waals surface area contributed by atoms with Gasteiger partial charge in [-0.2, -0.15) is 10.5 Å². The minimum atomic E-state index is -0.510. The fourth-order valence-electron chi connectivity index (χ4n) is 2.31. The van der Waals surface area contributed by atoms with Crippen LogP contribution >= 0.6 is 0 Å². The molecule has 0 saturated heterocycles. The first kappa shape index (κ1) is 17.0. The minimum Gasteiger partial charge on any atom is -0.457 e. The van der Waals surface area contributed by atoms with Crippen LogP contribution in [0.5, 0.6) is 23.0 Å². The average molecular weight is 344 g/mol. The summed E-state index contributed by atoms with van der Waals surface area (Å²) in [6.07, 6.45) is 0. The summed E-state index contributed by atoms with van der Waals surface area (Å²) in [5, 5.41) is 18.3. The predicted octanol–water partition coefficient (Wildman–Crippen LogP) is 5.48. The van der Waals surface area contributed by atoms with Gasteiger partial charge in [0, 0.05) is 0 Å². The number of nitriles is 2. The van der Waals surface area contributed by atoms with Crippen LogP contribution in [-0.4, -0.2) is 0 Å². The highest BCUT2D eigenvalue weighted by Crippen LogP contribution is 2.29. The number of alkyl halides is 1. The standard InChI is InChI=1S/C21H13FN2O2/c22-12-15-4-6-17(7-5-15)25-18-8-10-19(11-9-18)26-21-3-1-2-16(13-23)20(21)14-24/h1-11H,12H2. The van der Waals surface area contributed by atoms with E-state index in [1.165, 1.54) is 0 Å². The van der Waals surface area contributed by atoms with Gasteiger partial charge in [0.1, 0.15) is 47.4 Å². The highest BCUT2D eigenvalue weighted by molar-refractivity contribution is 5.55. The minimum absolute atomic E-state index is 0.197. The fourth-order valence-corrected chi connectivity index (χ4v) is 2.31. The third-order valence-electron chi connectivity index (χ3n) is 3.62. The highest BCUT2D eigenvalue weighted by Gasteiger charge is 2.10. The lowest BCUT2D eigenvalue weighted by atomic mass is 10.1. The Labute approximate surface area is 150 Å². The fraction of sp³-hybridized carbons (Fsp3) is 0.0476. The molecule has 0 aliphatic rings. The molecule has 4 nitrogen and oxygen atoms in total. The lowest BCUT2D eigenvalue weighted by Crippen LogP contribution is -1.92. The Balaban J connectivity index is 1.74. The lowest BCUT2D eigenvalue weighted by Gasteiger charge is -2.10. The molecule has 26 heavy (non-hydrogen) atoms. The molecule has 3 aromatic rings. The van der Waals surface area contributed by atoms with Gasteiger partial charge < -0.3 is 9.47 Å². The Hall–Kier alpha value is -3.83. The van der Waals surface area contributed by atoms with E-state index in [9.17, 15) is 9.65 Å². The first-order valence-electron chi connectivity index (χ1n) is 7.77. The summed E-state index contributed by atoms with van der Waals surface area (Å²) in [5.41, 5.74) is 1.05. The molecule has 0 bridgehead atoms.